The number of rotatable bonds is 0. The molecule has 2 aromatic rings. The molecular weight excluding hydrogens is 226 g/mol. The maximum atomic E-state index is 13.4. The lowest BCUT2D eigenvalue weighted by molar-refractivity contribution is 0.636. The quantitative estimate of drug-likeness (QED) is 0.649. The maximum Gasteiger partial charge on any atom is 0.151 e. The molecule has 0 atom stereocenters. The molecule has 0 aliphatic heterocycles. The predicted molar refractivity (Wildman–Crippen MR) is 54.3 cm³/mol. The van der Waals surface area contributed by atoms with Crippen molar-refractivity contribution in [2.75, 3.05) is 0 Å². The van der Waals surface area contributed by atoms with Gasteiger partial charge in [0.2, 0.25) is 0 Å². The Hall–Kier alpha value is -0.930. The number of aromatic nitrogens is 2. The van der Waals surface area contributed by atoms with Gasteiger partial charge < -0.3 is 0 Å². The number of benzene rings is 1. The van der Waals surface area contributed by atoms with Crippen LogP contribution in [0.1, 0.15) is 5.82 Å². The van der Waals surface area contributed by atoms with E-state index < -0.39 is 5.82 Å². The fourth-order valence-corrected chi connectivity index (χ4v) is 1.70. The predicted octanol–water partition coefficient (Wildman–Crippen LogP) is 3.38. The van der Waals surface area contributed by atoms with Crippen LogP contribution in [0.3, 0.4) is 0 Å². The summed E-state index contributed by atoms with van der Waals surface area (Å²) in [6.07, 6.45) is 0. The van der Waals surface area contributed by atoms with E-state index in [-0.39, 0.29) is 15.7 Å². The van der Waals surface area contributed by atoms with Crippen LogP contribution in [0.4, 0.5) is 4.39 Å². The van der Waals surface area contributed by atoms with Gasteiger partial charge in [-0.2, -0.15) is 0 Å². The van der Waals surface area contributed by atoms with Crippen LogP contribution in [0.5, 0.6) is 0 Å². The number of halogens is 3. The van der Waals surface area contributed by atoms with Gasteiger partial charge >= 0.3 is 0 Å². The van der Waals surface area contributed by atoms with Crippen LogP contribution in [0.25, 0.3) is 10.9 Å². The minimum Gasteiger partial charge on any atom is -0.230 e. The minimum absolute atomic E-state index is 0.201. The van der Waals surface area contributed by atoms with E-state index in [2.05, 4.69) is 9.97 Å². The molecule has 1 heterocycles. The van der Waals surface area contributed by atoms with Gasteiger partial charge in [0.05, 0.1) is 0 Å². The Morgan fingerprint density at radius 2 is 1.93 bits per heavy atom. The van der Waals surface area contributed by atoms with Crippen molar-refractivity contribution in [3.05, 3.63) is 34.0 Å². The molecule has 2 rings (SSSR count). The van der Waals surface area contributed by atoms with E-state index in [1.807, 2.05) is 0 Å². The first-order chi connectivity index (χ1) is 6.58. The molecule has 0 spiro atoms. The monoisotopic (exact) mass is 230 g/mol. The zero-order valence-electron chi connectivity index (χ0n) is 7.18. The number of nitrogens with zero attached hydrogens (tertiary/aromatic N) is 2. The summed E-state index contributed by atoms with van der Waals surface area (Å²) in [4.78, 5) is 7.86. The van der Waals surface area contributed by atoms with Crippen molar-refractivity contribution in [2.45, 2.75) is 6.92 Å². The Bertz CT molecular complexity index is 466. The molecule has 0 aliphatic rings. The fraction of sp³-hybridized carbons (Fsp3) is 0.111. The molecule has 0 saturated carbocycles. The molecular formula is C9H5Cl2FN2. The second kappa shape index (κ2) is 3.33. The van der Waals surface area contributed by atoms with E-state index in [4.69, 9.17) is 23.2 Å². The molecule has 0 N–H and O–H groups in total. The average molecular weight is 231 g/mol. The van der Waals surface area contributed by atoms with Crippen molar-refractivity contribution < 1.29 is 4.39 Å². The summed E-state index contributed by atoms with van der Waals surface area (Å²) in [6.45, 7) is 1.65. The summed E-state index contributed by atoms with van der Waals surface area (Å²) < 4.78 is 13.4. The van der Waals surface area contributed by atoms with E-state index in [0.29, 0.717) is 11.2 Å². The third-order valence-electron chi connectivity index (χ3n) is 1.78. The number of hydrogen-bond acceptors (Lipinski definition) is 2. The molecule has 0 radical (unpaired) electrons. The lowest BCUT2D eigenvalue weighted by atomic mass is 10.2. The molecule has 0 bridgehead atoms. The van der Waals surface area contributed by atoms with Gasteiger partial charge in [-0.25, -0.2) is 14.4 Å². The van der Waals surface area contributed by atoms with Crippen molar-refractivity contribution in [1.82, 2.24) is 9.97 Å². The van der Waals surface area contributed by atoms with Crippen LogP contribution < -0.4 is 0 Å². The van der Waals surface area contributed by atoms with Gasteiger partial charge in [0, 0.05) is 10.4 Å². The number of aryl methyl sites for hydroxylation is 1. The second-order valence-electron chi connectivity index (χ2n) is 2.85. The molecule has 2 nitrogen and oxygen atoms in total. The van der Waals surface area contributed by atoms with Gasteiger partial charge in [0.25, 0.3) is 0 Å². The molecule has 0 amide bonds. The van der Waals surface area contributed by atoms with Crippen molar-refractivity contribution >= 4 is 34.1 Å². The van der Waals surface area contributed by atoms with E-state index in [9.17, 15) is 4.39 Å². The van der Waals surface area contributed by atoms with Crippen LogP contribution in [0, 0.1) is 12.7 Å². The Morgan fingerprint density at radius 3 is 2.64 bits per heavy atom. The Morgan fingerprint density at radius 1 is 1.21 bits per heavy atom. The van der Waals surface area contributed by atoms with Gasteiger partial charge in [0.1, 0.15) is 16.5 Å². The molecule has 72 valence electrons. The lowest BCUT2D eigenvalue weighted by Crippen LogP contribution is -1.92. The summed E-state index contributed by atoms with van der Waals surface area (Å²) in [5.74, 6) is -0.0522. The number of fused-ring (bicyclic) bond motifs is 1. The van der Waals surface area contributed by atoms with Gasteiger partial charge in [-0.15, -0.1) is 0 Å². The third kappa shape index (κ3) is 1.53. The maximum absolute atomic E-state index is 13.4. The second-order valence-corrected chi connectivity index (χ2v) is 3.64. The number of hydrogen-bond donors (Lipinski definition) is 0. The molecule has 0 fully saturated rings. The minimum atomic E-state index is -0.486. The van der Waals surface area contributed by atoms with Crippen molar-refractivity contribution in [2.24, 2.45) is 0 Å². The standard InChI is InChI=1S/C9H5Cl2FN2/c1-4-13-8-6(9(11)14-4)2-5(10)3-7(8)12/h2-3H,1H3. The molecule has 1 aromatic carbocycles. The van der Waals surface area contributed by atoms with Crippen LogP contribution >= 0.6 is 23.2 Å². The van der Waals surface area contributed by atoms with E-state index in [1.165, 1.54) is 6.07 Å². The van der Waals surface area contributed by atoms with E-state index in [0.717, 1.165) is 0 Å². The van der Waals surface area contributed by atoms with Gasteiger partial charge in [-0.1, -0.05) is 23.2 Å². The van der Waals surface area contributed by atoms with Crippen molar-refractivity contribution in [3.63, 3.8) is 0 Å². The Labute approximate surface area is 89.7 Å². The first kappa shape index (κ1) is 9.62. The molecule has 5 heteroatoms. The molecule has 14 heavy (non-hydrogen) atoms. The van der Waals surface area contributed by atoms with Crippen LogP contribution in [0.15, 0.2) is 12.1 Å². The zero-order chi connectivity index (χ0) is 10.3. The van der Waals surface area contributed by atoms with Crippen LogP contribution in [-0.2, 0) is 0 Å². The highest BCUT2D eigenvalue weighted by Gasteiger charge is 2.09. The average Bonchev–Trinajstić information content (AvgIpc) is 2.07. The normalized spacial score (nSPS) is 10.9. The summed E-state index contributed by atoms with van der Waals surface area (Å²) in [5.41, 5.74) is 0.201. The molecule has 1 aromatic heterocycles. The molecule has 0 unspecified atom stereocenters. The first-order valence-corrected chi connectivity index (χ1v) is 4.62. The van der Waals surface area contributed by atoms with E-state index in [1.54, 1.807) is 13.0 Å². The fourth-order valence-electron chi connectivity index (χ4n) is 1.23. The summed E-state index contributed by atoms with van der Waals surface area (Å²) >= 11 is 11.5. The molecule has 0 saturated heterocycles. The smallest absolute Gasteiger partial charge is 0.151 e. The van der Waals surface area contributed by atoms with Crippen molar-refractivity contribution in [3.8, 4) is 0 Å². The summed E-state index contributed by atoms with van der Waals surface area (Å²) in [5, 5.41) is 0.931. The first-order valence-electron chi connectivity index (χ1n) is 3.87. The zero-order valence-corrected chi connectivity index (χ0v) is 8.69. The van der Waals surface area contributed by atoms with Gasteiger partial charge in [0.15, 0.2) is 5.82 Å². The van der Waals surface area contributed by atoms with Crippen LogP contribution in [0.2, 0.25) is 10.2 Å². The van der Waals surface area contributed by atoms with E-state index >= 15 is 0 Å². The molecule has 0 aliphatic carbocycles. The summed E-state index contributed by atoms with van der Waals surface area (Å²) in [6, 6.07) is 2.74. The Balaban J connectivity index is 2.94. The topological polar surface area (TPSA) is 25.8 Å². The largest absolute Gasteiger partial charge is 0.230 e. The van der Waals surface area contributed by atoms with Gasteiger partial charge in [-0.3, -0.25) is 0 Å². The SMILES string of the molecule is Cc1nc(Cl)c2cc(Cl)cc(F)c2n1. The summed E-state index contributed by atoms with van der Waals surface area (Å²) in [7, 11) is 0. The highest BCUT2D eigenvalue weighted by molar-refractivity contribution is 6.35. The van der Waals surface area contributed by atoms with Crippen molar-refractivity contribution in [1.29, 1.82) is 0 Å². The highest BCUT2D eigenvalue weighted by Crippen LogP contribution is 2.26. The van der Waals surface area contributed by atoms with Crippen LogP contribution in [-0.4, -0.2) is 9.97 Å². The Kier molecular flexibility index (Phi) is 2.29. The van der Waals surface area contributed by atoms with Gasteiger partial charge in [-0.05, 0) is 19.1 Å². The third-order valence-corrected chi connectivity index (χ3v) is 2.29. The highest BCUT2D eigenvalue weighted by atomic mass is 35.5. The lowest BCUT2D eigenvalue weighted by Gasteiger charge is -2.02.